The van der Waals surface area contributed by atoms with Crippen LogP contribution in [0.4, 0.5) is 11.4 Å². The Hall–Kier alpha value is -3.41. The first kappa shape index (κ1) is 18.6. The molecular formula is C15H16N4O5. The third-order valence-corrected chi connectivity index (χ3v) is 3.02. The van der Waals surface area contributed by atoms with Crippen LogP contribution in [0.15, 0.2) is 36.0 Å². The van der Waals surface area contributed by atoms with E-state index in [0.29, 0.717) is 0 Å². The molecule has 0 aromatic heterocycles. The van der Waals surface area contributed by atoms with Crippen molar-refractivity contribution in [3.05, 3.63) is 46.2 Å². The smallest absolute Gasteiger partial charge is 0.326 e. The van der Waals surface area contributed by atoms with E-state index in [-0.39, 0.29) is 22.9 Å². The summed E-state index contributed by atoms with van der Waals surface area (Å²) in [6.07, 6.45) is 1.02. The van der Waals surface area contributed by atoms with Gasteiger partial charge in [0.25, 0.3) is 11.6 Å². The van der Waals surface area contributed by atoms with Crippen molar-refractivity contribution in [3.8, 4) is 6.07 Å². The third kappa shape index (κ3) is 5.10. The summed E-state index contributed by atoms with van der Waals surface area (Å²) in [6, 6.07) is 5.92. The second-order valence-electron chi connectivity index (χ2n) is 5.16. The summed E-state index contributed by atoms with van der Waals surface area (Å²) < 4.78 is 0. The second kappa shape index (κ2) is 8.28. The second-order valence-corrected chi connectivity index (χ2v) is 5.16. The van der Waals surface area contributed by atoms with Gasteiger partial charge in [-0.25, -0.2) is 4.79 Å². The highest BCUT2D eigenvalue weighted by Crippen LogP contribution is 2.17. The maximum absolute atomic E-state index is 12.0. The number of rotatable bonds is 7. The lowest BCUT2D eigenvalue weighted by Gasteiger charge is -2.16. The normalized spacial score (nSPS) is 12.2. The van der Waals surface area contributed by atoms with E-state index < -0.39 is 22.8 Å². The van der Waals surface area contributed by atoms with E-state index in [9.17, 15) is 19.7 Å². The van der Waals surface area contributed by atoms with Crippen molar-refractivity contribution in [1.82, 2.24) is 5.32 Å². The number of nitrogens with zero attached hydrogens (tertiary/aromatic N) is 2. The van der Waals surface area contributed by atoms with E-state index in [0.717, 1.165) is 12.3 Å². The summed E-state index contributed by atoms with van der Waals surface area (Å²) in [4.78, 5) is 33.2. The number of amides is 1. The van der Waals surface area contributed by atoms with E-state index in [1.54, 1.807) is 19.9 Å². The SMILES string of the molecule is CC(C)C(N/C=C(/C#N)C(=O)Nc1cccc([N+](=O)[O-])c1)C(=O)O. The Labute approximate surface area is 137 Å². The van der Waals surface area contributed by atoms with Crippen molar-refractivity contribution >= 4 is 23.3 Å². The molecule has 24 heavy (non-hydrogen) atoms. The number of nitrogens with one attached hydrogen (secondary N) is 2. The average molecular weight is 332 g/mol. The molecule has 0 heterocycles. The molecule has 0 fully saturated rings. The Bertz CT molecular complexity index is 721. The summed E-state index contributed by atoms with van der Waals surface area (Å²) in [5, 5.41) is 33.6. The van der Waals surface area contributed by atoms with Gasteiger partial charge in [-0.2, -0.15) is 5.26 Å². The van der Waals surface area contributed by atoms with Gasteiger partial charge in [0, 0.05) is 24.0 Å². The molecule has 0 saturated heterocycles. The largest absolute Gasteiger partial charge is 0.480 e. The van der Waals surface area contributed by atoms with Crippen LogP contribution in [0.3, 0.4) is 0 Å². The van der Waals surface area contributed by atoms with Gasteiger partial charge in [-0.3, -0.25) is 14.9 Å². The van der Waals surface area contributed by atoms with Crippen LogP contribution in [0.25, 0.3) is 0 Å². The van der Waals surface area contributed by atoms with Gasteiger partial charge in [-0.15, -0.1) is 0 Å². The van der Waals surface area contributed by atoms with Crippen LogP contribution in [0.5, 0.6) is 0 Å². The lowest BCUT2D eigenvalue weighted by Crippen LogP contribution is -2.38. The van der Waals surface area contributed by atoms with Crippen molar-refractivity contribution < 1.29 is 19.6 Å². The first-order valence-corrected chi connectivity index (χ1v) is 6.91. The van der Waals surface area contributed by atoms with Gasteiger partial charge in [-0.05, 0) is 12.0 Å². The van der Waals surface area contributed by atoms with Gasteiger partial charge in [0.1, 0.15) is 17.7 Å². The predicted molar refractivity (Wildman–Crippen MR) is 84.8 cm³/mol. The molecule has 1 rings (SSSR count). The molecule has 0 aliphatic heterocycles. The fourth-order valence-electron chi connectivity index (χ4n) is 1.77. The van der Waals surface area contributed by atoms with Crippen LogP contribution in [0.2, 0.25) is 0 Å². The summed E-state index contributed by atoms with van der Waals surface area (Å²) in [5.74, 6) is -2.19. The molecule has 126 valence electrons. The number of hydrogen-bond donors (Lipinski definition) is 3. The molecule has 0 bridgehead atoms. The number of benzene rings is 1. The first-order chi connectivity index (χ1) is 11.3. The number of anilines is 1. The van der Waals surface area contributed by atoms with Crippen molar-refractivity contribution in [2.45, 2.75) is 19.9 Å². The number of nitro groups is 1. The highest BCUT2D eigenvalue weighted by Gasteiger charge is 2.20. The maximum Gasteiger partial charge on any atom is 0.326 e. The molecule has 0 saturated carbocycles. The van der Waals surface area contributed by atoms with Crippen molar-refractivity contribution in [1.29, 1.82) is 5.26 Å². The minimum Gasteiger partial charge on any atom is -0.480 e. The zero-order chi connectivity index (χ0) is 18.3. The van der Waals surface area contributed by atoms with Crippen molar-refractivity contribution in [3.63, 3.8) is 0 Å². The molecule has 1 amide bonds. The van der Waals surface area contributed by atoms with Crippen LogP contribution < -0.4 is 10.6 Å². The Kier molecular flexibility index (Phi) is 6.43. The van der Waals surface area contributed by atoms with Crippen LogP contribution >= 0.6 is 0 Å². The zero-order valence-corrected chi connectivity index (χ0v) is 13.0. The van der Waals surface area contributed by atoms with E-state index in [1.807, 2.05) is 0 Å². The molecule has 3 N–H and O–H groups in total. The fraction of sp³-hybridized carbons (Fsp3) is 0.267. The van der Waals surface area contributed by atoms with Crippen LogP contribution in [-0.4, -0.2) is 27.9 Å². The molecule has 0 aliphatic rings. The fourth-order valence-corrected chi connectivity index (χ4v) is 1.77. The Morgan fingerprint density at radius 3 is 2.58 bits per heavy atom. The highest BCUT2D eigenvalue weighted by molar-refractivity contribution is 6.06. The standard InChI is InChI=1S/C15H16N4O5/c1-9(2)13(15(21)22)17-8-10(7-16)14(20)18-11-4-3-5-12(6-11)19(23)24/h3-6,8-9,13,17H,1-2H3,(H,18,20)(H,21,22)/b10-8-. The summed E-state index contributed by atoms with van der Waals surface area (Å²) in [6.45, 7) is 3.35. The van der Waals surface area contributed by atoms with Gasteiger partial charge in [0.2, 0.25) is 0 Å². The molecule has 0 aliphatic carbocycles. The van der Waals surface area contributed by atoms with Crippen molar-refractivity contribution in [2.24, 2.45) is 5.92 Å². The van der Waals surface area contributed by atoms with Crippen LogP contribution in [0, 0.1) is 27.4 Å². The lowest BCUT2D eigenvalue weighted by atomic mass is 10.1. The quantitative estimate of drug-likeness (QED) is 0.298. The number of nitriles is 1. The Balaban J connectivity index is 2.89. The topological polar surface area (TPSA) is 145 Å². The number of carbonyl (C=O) groups excluding carboxylic acids is 1. The summed E-state index contributed by atoms with van der Waals surface area (Å²) in [7, 11) is 0. The molecule has 1 unspecified atom stereocenters. The van der Waals surface area contributed by atoms with Crippen LogP contribution in [0.1, 0.15) is 13.8 Å². The van der Waals surface area contributed by atoms with Gasteiger partial charge in [-0.1, -0.05) is 19.9 Å². The van der Waals surface area contributed by atoms with E-state index in [2.05, 4.69) is 10.6 Å². The average Bonchev–Trinajstić information content (AvgIpc) is 2.50. The lowest BCUT2D eigenvalue weighted by molar-refractivity contribution is -0.384. The number of nitro benzene ring substituents is 1. The molecule has 9 heteroatoms. The van der Waals surface area contributed by atoms with Crippen LogP contribution in [-0.2, 0) is 9.59 Å². The first-order valence-electron chi connectivity index (χ1n) is 6.91. The molecule has 0 spiro atoms. The number of carboxylic acid groups (broad SMARTS) is 1. The van der Waals surface area contributed by atoms with Gasteiger partial charge < -0.3 is 15.7 Å². The Morgan fingerprint density at radius 1 is 1.42 bits per heavy atom. The van der Waals surface area contributed by atoms with E-state index >= 15 is 0 Å². The molecule has 0 radical (unpaired) electrons. The van der Waals surface area contributed by atoms with Gasteiger partial charge in [0.05, 0.1) is 4.92 Å². The highest BCUT2D eigenvalue weighted by atomic mass is 16.6. The molecule has 1 aromatic carbocycles. The molecule has 1 aromatic rings. The third-order valence-electron chi connectivity index (χ3n) is 3.02. The minimum absolute atomic E-state index is 0.147. The molecule has 1 atom stereocenters. The van der Waals surface area contributed by atoms with Gasteiger partial charge in [0.15, 0.2) is 0 Å². The van der Waals surface area contributed by atoms with Gasteiger partial charge >= 0.3 is 5.97 Å². The number of carbonyl (C=O) groups is 2. The number of carboxylic acids is 1. The van der Waals surface area contributed by atoms with E-state index in [1.165, 1.54) is 18.2 Å². The molecule has 9 nitrogen and oxygen atoms in total. The van der Waals surface area contributed by atoms with E-state index in [4.69, 9.17) is 10.4 Å². The Morgan fingerprint density at radius 2 is 2.08 bits per heavy atom. The number of aliphatic carboxylic acids is 1. The summed E-state index contributed by atoms with van der Waals surface area (Å²) in [5.41, 5.74) is -0.415. The maximum atomic E-state index is 12.0. The number of non-ortho nitro benzene ring substituents is 1. The number of hydrogen-bond acceptors (Lipinski definition) is 6. The minimum atomic E-state index is -1.11. The monoisotopic (exact) mass is 332 g/mol. The van der Waals surface area contributed by atoms with Crippen molar-refractivity contribution in [2.75, 3.05) is 5.32 Å². The predicted octanol–water partition coefficient (Wildman–Crippen LogP) is 1.64. The zero-order valence-electron chi connectivity index (χ0n) is 13.0. The summed E-state index contributed by atoms with van der Waals surface area (Å²) >= 11 is 0. The molecular weight excluding hydrogens is 316 g/mol.